The van der Waals surface area contributed by atoms with Gasteiger partial charge in [0.2, 0.25) is 5.91 Å². The zero-order valence-corrected chi connectivity index (χ0v) is 11.7. The summed E-state index contributed by atoms with van der Waals surface area (Å²) in [5, 5.41) is 0. The Labute approximate surface area is 108 Å². The number of nitrogens with zero attached hydrogens (tertiary/aromatic N) is 1. The Morgan fingerprint density at radius 2 is 2.00 bits per heavy atom. The van der Waals surface area contributed by atoms with Crippen molar-refractivity contribution in [2.75, 3.05) is 35.0 Å². The van der Waals surface area contributed by atoms with Crippen molar-refractivity contribution in [3.8, 4) is 0 Å². The van der Waals surface area contributed by atoms with Gasteiger partial charge in [-0.05, 0) is 0 Å². The van der Waals surface area contributed by atoms with Crippen molar-refractivity contribution in [2.45, 2.75) is 37.9 Å². The molecular weight excluding hydrogens is 238 g/mol. The maximum atomic E-state index is 11.5. The molecule has 0 N–H and O–H groups in total. The molecule has 4 unspecified atom stereocenters. The van der Waals surface area contributed by atoms with E-state index in [0.717, 1.165) is 0 Å². The quantitative estimate of drug-likeness (QED) is 0.710. The van der Waals surface area contributed by atoms with Crippen LogP contribution in [0.5, 0.6) is 0 Å². The molecule has 1 rings (SSSR count). The smallest absolute Gasteiger partial charge is 0.219 e. The lowest BCUT2D eigenvalue weighted by atomic mass is 9.98. The molecule has 0 aromatic heterocycles. The van der Waals surface area contributed by atoms with Gasteiger partial charge in [0.15, 0.2) is 6.29 Å². The average Bonchev–Trinajstić information content (AvgIpc) is 2.36. The lowest BCUT2D eigenvalue weighted by Gasteiger charge is -2.44. The van der Waals surface area contributed by atoms with E-state index >= 15 is 0 Å². The second-order valence-corrected chi connectivity index (χ2v) is 4.45. The number of amides is 1. The molecule has 0 aromatic rings. The van der Waals surface area contributed by atoms with Gasteiger partial charge >= 0.3 is 0 Å². The van der Waals surface area contributed by atoms with Crippen molar-refractivity contribution in [1.29, 1.82) is 0 Å². The summed E-state index contributed by atoms with van der Waals surface area (Å²) in [6, 6.07) is -0.245. The molecule has 106 valence electrons. The standard InChI is InChI=1S/C12H23NO5/c1-8(14)13(2)11-10(16-4)6-9(7-15-3)18-12(11)17-5/h9-12H,6-7H2,1-5H3. The van der Waals surface area contributed by atoms with E-state index in [1.165, 1.54) is 6.92 Å². The molecule has 18 heavy (non-hydrogen) atoms. The van der Waals surface area contributed by atoms with E-state index in [-0.39, 0.29) is 24.2 Å². The summed E-state index contributed by atoms with van der Waals surface area (Å²) in [5.41, 5.74) is 0. The van der Waals surface area contributed by atoms with E-state index < -0.39 is 6.29 Å². The fraction of sp³-hybridized carbons (Fsp3) is 0.917. The normalized spacial score (nSPS) is 32.3. The van der Waals surface area contributed by atoms with Gasteiger partial charge in [0.1, 0.15) is 6.04 Å². The minimum absolute atomic E-state index is 0.0436. The Hall–Kier alpha value is -0.690. The molecule has 0 spiro atoms. The maximum absolute atomic E-state index is 11.5. The molecule has 1 fully saturated rings. The van der Waals surface area contributed by atoms with E-state index in [9.17, 15) is 4.79 Å². The Morgan fingerprint density at radius 3 is 2.44 bits per heavy atom. The fourth-order valence-corrected chi connectivity index (χ4v) is 2.27. The SMILES string of the molecule is COCC1CC(OC)C(N(C)C(C)=O)C(OC)O1. The summed E-state index contributed by atoms with van der Waals surface area (Å²) >= 11 is 0. The number of methoxy groups -OCH3 is 3. The molecule has 1 amide bonds. The molecule has 6 nitrogen and oxygen atoms in total. The van der Waals surface area contributed by atoms with E-state index in [1.54, 1.807) is 33.3 Å². The van der Waals surface area contributed by atoms with E-state index in [4.69, 9.17) is 18.9 Å². The van der Waals surface area contributed by atoms with Gasteiger partial charge in [-0.25, -0.2) is 0 Å². The van der Waals surface area contributed by atoms with E-state index in [0.29, 0.717) is 13.0 Å². The summed E-state index contributed by atoms with van der Waals surface area (Å²) in [4.78, 5) is 13.1. The monoisotopic (exact) mass is 261 g/mol. The van der Waals surface area contributed by atoms with Crippen molar-refractivity contribution in [3.63, 3.8) is 0 Å². The van der Waals surface area contributed by atoms with Crippen molar-refractivity contribution in [3.05, 3.63) is 0 Å². The first-order valence-corrected chi connectivity index (χ1v) is 5.98. The third kappa shape index (κ3) is 3.41. The van der Waals surface area contributed by atoms with Crippen LogP contribution in [0, 0.1) is 0 Å². The van der Waals surface area contributed by atoms with E-state index in [2.05, 4.69) is 0 Å². The molecule has 0 radical (unpaired) electrons. The first-order valence-electron chi connectivity index (χ1n) is 5.98. The Bertz CT molecular complexity index is 259. The number of carbonyl (C=O) groups is 1. The first kappa shape index (κ1) is 15.4. The fourth-order valence-electron chi connectivity index (χ4n) is 2.27. The summed E-state index contributed by atoms with van der Waals surface area (Å²) in [6.45, 7) is 2.00. The van der Waals surface area contributed by atoms with Crippen LogP contribution < -0.4 is 0 Å². The highest BCUT2D eigenvalue weighted by molar-refractivity contribution is 5.73. The molecule has 1 aliphatic heterocycles. The molecule has 1 saturated heterocycles. The van der Waals surface area contributed by atoms with Crippen LogP contribution >= 0.6 is 0 Å². The number of hydrogen-bond donors (Lipinski definition) is 0. The minimum atomic E-state index is -0.502. The minimum Gasteiger partial charge on any atom is -0.382 e. The molecule has 0 aromatic carbocycles. The molecule has 4 atom stereocenters. The third-order valence-electron chi connectivity index (χ3n) is 3.31. The van der Waals surface area contributed by atoms with Crippen molar-refractivity contribution in [2.24, 2.45) is 0 Å². The number of likely N-dealkylation sites (N-methyl/N-ethyl adjacent to an activating group) is 1. The van der Waals surface area contributed by atoms with Crippen LogP contribution in [0.15, 0.2) is 0 Å². The largest absolute Gasteiger partial charge is 0.382 e. The van der Waals surface area contributed by atoms with Gasteiger partial charge in [0, 0.05) is 41.7 Å². The lowest BCUT2D eigenvalue weighted by molar-refractivity contribution is -0.248. The van der Waals surface area contributed by atoms with Crippen LogP contribution in [-0.4, -0.2) is 70.3 Å². The highest BCUT2D eigenvalue weighted by Gasteiger charge is 2.42. The number of carbonyl (C=O) groups excluding carboxylic acids is 1. The van der Waals surface area contributed by atoms with Crippen molar-refractivity contribution < 1.29 is 23.7 Å². The maximum Gasteiger partial charge on any atom is 0.219 e. The number of hydrogen-bond acceptors (Lipinski definition) is 5. The van der Waals surface area contributed by atoms with Gasteiger partial charge < -0.3 is 23.8 Å². The van der Waals surface area contributed by atoms with Crippen molar-refractivity contribution in [1.82, 2.24) is 4.90 Å². The van der Waals surface area contributed by atoms with Crippen LogP contribution in [0.3, 0.4) is 0 Å². The van der Waals surface area contributed by atoms with Crippen LogP contribution in [0.4, 0.5) is 0 Å². The summed E-state index contributed by atoms with van der Waals surface area (Å²) in [6.07, 6.45) is -0.0380. The van der Waals surface area contributed by atoms with Crippen molar-refractivity contribution >= 4 is 5.91 Å². The molecule has 6 heteroatoms. The topological polar surface area (TPSA) is 57.2 Å². The second kappa shape index (κ2) is 7.04. The summed E-state index contributed by atoms with van der Waals surface area (Å²) in [7, 11) is 6.55. The van der Waals surface area contributed by atoms with Gasteiger partial charge in [0.25, 0.3) is 0 Å². The van der Waals surface area contributed by atoms with Gasteiger partial charge in [-0.1, -0.05) is 0 Å². The zero-order chi connectivity index (χ0) is 13.7. The molecule has 0 bridgehead atoms. The second-order valence-electron chi connectivity index (χ2n) is 4.45. The highest BCUT2D eigenvalue weighted by atomic mass is 16.7. The number of ether oxygens (including phenoxy) is 4. The zero-order valence-electron chi connectivity index (χ0n) is 11.7. The Morgan fingerprint density at radius 1 is 1.33 bits per heavy atom. The Balaban J connectivity index is 2.82. The molecular formula is C12H23NO5. The predicted octanol–water partition coefficient (Wildman–Crippen LogP) is 0.256. The van der Waals surface area contributed by atoms with Gasteiger partial charge in [0.05, 0.1) is 18.8 Å². The van der Waals surface area contributed by atoms with Gasteiger partial charge in [-0.15, -0.1) is 0 Å². The van der Waals surface area contributed by atoms with Crippen LogP contribution in [0.2, 0.25) is 0 Å². The van der Waals surface area contributed by atoms with Crippen LogP contribution in [0.1, 0.15) is 13.3 Å². The third-order valence-corrected chi connectivity index (χ3v) is 3.31. The highest BCUT2D eigenvalue weighted by Crippen LogP contribution is 2.26. The van der Waals surface area contributed by atoms with Gasteiger partial charge in [-0.2, -0.15) is 0 Å². The van der Waals surface area contributed by atoms with Crippen LogP contribution in [-0.2, 0) is 23.7 Å². The molecule has 0 saturated carbocycles. The summed E-state index contributed by atoms with van der Waals surface area (Å²) in [5.74, 6) is -0.0436. The molecule has 0 aliphatic carbocycles. The van der Waals surface area contributed by atoms with E-state index in [1.807, 2.05) is 0 Å². The number of rotatable bonds is 5. The average molecular weight is 261 g/mol. The van der Waals surface area contributed by atoms with Gasteiger partial charge in [-0.3, -0.25) is 4.79 Å². The molecule has 1 heterocycles. The van der Waals surface area contributed by atoms with Crippen LogP contribution in [0.25, 0.3) is 0 Å². The first-order chi connectivity index (χ1) is 8.54. The summed E-state index contributed by atoms with van der Waals surface area (Å²) < 4.78 is 21.7. The molecule has 1 aliphatic rings. The lowest BCUT2D eigenvalue weighted by Crippen LogP contribution is -2.58. The predicted molar refractivity (Wildman–Crippen MR) is 65.2 cm³/mol. The Kier molecular flexibility index (Phi) is 6.01.